The van der Waals surface area contributed by atoms with E-state index in [1.165, 1.54) is 0 Å². The lowest BCUT2D eigenvalue weighted by Crippen LogP contribution is -2.47. The Hall–Kier alpha value is -1.82. The first-order chi connectivity index (χ1) is 11.0. The Morgan fingerprint density at radius 3 is 2.70 bits per heavy atom. The normalized spacial score (nSPS) is 23.3. The number of aryl methyl sites for hydroxylation is 2. The zero-order chi connectivity index (χ0) is 16.6. The maximum Gasteiger partial charge on any atom is 0.257 e. The first-order valence-electron chi connectivity index (χ1n) is 8.10. The van der Waals surface area contributed by atoms with Gasteiger partial charge >= 0.3 is 0 Å². The molecule has 23 heavy (non-hydrogen) atoms. The highest BCUT2D eigenvalue weighted by atomic mass is 16.5. The summed E-state index contributed by atoms with van der Waals surface area (Å²) in [6.45, 7) is 6.13. The number of ether oxygens (including phenoxy) is 1. The molecule has 2 fully saturated rings. The van der Waals surface area contributed by atoms with Crippen LogP contribution in [0.5, 0.6) is 0 Å². The van der Waals surface area contributed by atoms with Gasteiger partial charge in [-0.05, 0) is 32.8 Å². The van der Waals surface area contributed by atoms with Gasteiger partial charge in [-0.15, -0.1) is 0 Å². The Balaban J connectivity index is 1.70. The monoisotopic (exact) mass is 320 g/mol. The number of methoxy groups -OCH3 is 1. The molecule has 0 aromatic carbocycles. The molecule has 2 amide bonds. The molecule has 2 aliphatic rings. The van der Waals surface area contributed by atoms with Crippen LogP contribution < -0.4 is 5.32 Å². The van der Waals surface area contributed by atoms with Gasteiger partial charge in [0.15, 0.2) is 0 Å². The Labute approximate surface area is 136 Å². The largest absolute Gasteiger partial charge is 0.466 e. The van der Waals surface area contributed by atoms with Crippen molar-refractivity contribution in [3.63, 3.8) is 0 Å². The number of piperidine rings is 1. The maximum atomic E-state index is 12.7. The van der Waals surface area contributed by atoms with E-state index < -0.39 is 0 Å². The van der Waals surface area contributed by atoms with Crippen LogP contribution >= 0.6 is 0 Å². The van der Waals surface area contributed by atoms with Crippen molar-refractivity contribution in [2.24, 2.45) is 11.3 Å². The number of nitrogens with zero attached hydrogens (tertiary/aromatic N) is 1. The van der Waals surface area contributed by atoms with Gasteiger partial charge in [-0.2, -0.15) is 0 Å². The van der Waals surface area contributed by atoms with Crippen LogP contribution in [0.4, 0.5) is 0 Å². The van der Waals surface area contributed by atoms with Gasteiger partial charge in [0.1, 0.15) is 11.5 Å². The van der Waals surface area contributed by atoms with E-state index in [0.717, 1.165) is 18.6 Å². The van der Waals surface area contributed by atoms with E-state index in [-0.39, 0.29) is 23.1 Å². The highest BCUT2D eigenvalue weighted by molar-refractivity contribution is 5.95. The number of carbonyl (C=O) groups is 2. The Kier molecular flexibility index (Phi) is 4.19. The van der Waals surface area contributed by atoms with Crippen LogP contribution in [0.1, 0.15) is 34.7 Å². The molecule has 0 radical (unpaired) electrons. The molecule has 0 saturated carbocycles. The van der Waals surface area contributed by atoms with Gasteiger partial charge in [0.2, 0.25) is 5.91 Å². The van der Waals surface area contributed by atoms with Crippen LogP contribution in [0.2, 0.25) is 0 Å². The van der Waals surface area contributed by atoms with Crippen molar-refractivity contribution in [3.8, 4) is 0 Å². The summed E-state index contributed by atoms with van der Waals surface area (Å²) in [4.78, 5) is 26.6. The van der Waals surface area contributed by atoms with Crippen LogP contribution in [0, 0.1) is 25.2 Å². The van der Waals surface area contributed by atoms with Gasteiger partial charge in [0, 0.05) is 32.2 Å². The maximum absolute atomic E-state index is 12.7. The number of nitrogens with one attached hydrogen (secondary N) is 1. The number of hydrogen-bond donors (Lipinski definition) is 1. The summed E-state index contributed by atoms with van der Waals surface area (Å²) in [5.41, 5.74) is 0.568. The average molecular weight is 320 g/mol. The van der Waals surface area contributed by atoms with Crippen LogP contribution in [-0.4, -0.2) is 50.1 Å². The number of likely N-dealkylation sites (tertiary alicyclic amines) is 1. The second-order valence-electron chi connectivity index (χ2n) is 6.71. The van der Waals surface area contributed by atoms with Crippen molar-refractivity contribution in [2.75, 3.05) is 33.4 Å². The van der Waals surface area contributed by atoms with Crippen LogP contribution in [0.25, 0.3) is 0 Å². The number of furan rings is 1. The highest BCUT2D eigenvalue weighted by Crippen LogP contribution is 2.42. The van der Waals surface area contributed by atoms with Crippen molar-refractivity contribution in [2.45, 2.75) is 26.7 Å². The smallest absolute Gasteiger partial charge is 0.257 e. The molecule has 6 heteroatoms. The van der Waals surface area contributed by atoms with E-state index in [0.29, 0.717) is 37.6 Å². The van der Waals surface area contributed by atoms with E-state index in [1.807, 2.05) is 18.7 Å². The molecule has 6 nitrogen and oxygen atoms in total. The van der Waals surface area contributed by atoms with Crippen molar-refractivity contribution < 1.29 is 18.7 Å². The first-order valence-corrected chi connectivity index (χ1v) is 8.10. The lowest BCUT2D eigenvalue weighted by atomic mass is 9.71. The highest BCUT2D eigenvalue weighted by Gasteiger charge is 2.50. The second-order valence-corrected chi connectivity index (χ2v) is 6.71. The summed E-state index contributed by atoms with van der Waals surface area (Å²) in [7, 11) is 1.63. The summed E-state index contributed by atoms with van der Waals surface area (Å²) >= 11 is 0. The van der Waals surface area contributed by atoms with Gasteiger partial charge in [-0.25, -0.2) is 0 Å². The van der Waals surface area contributed by atoms with Crippen molar-refractivity contribution in [3.05, 3.63) is 23.2 Å². The molecule has 0 aliphatic carbocycles. The van der Waals surface area contributed by atoms with Crippen molar-refractivity contribution in [1.29, 1.82) is 0 Å². The van der Waals surface area contributed by atoms with Gasteiger partial charge < -0.3 is 19.4 Å². The Morgan fingerprint density at radius 1 is 1.43 bits per heavy atom. The molecule has 1 aromatic heterocycles. The zero-order valence-corrected chi connectivity index (χ0v) is 14.0. The van der Waals surface area contributed by atoms with Gasteiger partial charge in [-0.1, -0.05) is 0 Å². The van der Waals surface area contributed by atoms with E-state index >= 15 is 0 Å². The number of amides is 2. The molecule has 2 saturated heterocycles. The van der Waals surface area contributed by atoms with E-state index in [9.17, 15) is 9.59 Å². The van der Waals surface area contributed by atoms with Crippen molar-refractivity contribution >= 4 is 11.8 Å². The predicted molar refractivity (Wildman–Crippen MR) is 84.1 cm³/mol. The summed E-state index contributed by atoms with van der Waals surface area (Å²) in [5.74, 6) is 1.41. The fraction of sp³-hybridized carbons (Fsp3) is 0.647. The molecule has 126 valence electrons. The van der Waals surface area contributed by atoms with E-state index in [2.05, 4.69) is 5.32 Å². The standard InChI is InChI=1S/C17H24N2O4/c1-11-8-13(12(2)23-11)16(21)19-6-4-17(5-7-19)10-18-15(20)14(17)9-22-3/h8,14H,4-7,9-10H2,1-3H3,(H,18,20)/t14-/m1/s1. The molecular formula is C17H24N2O4. The summed E-state index contributed by atoms with van der Waals surface area (Å²) in [6.07, 6.45) is 1.64. The number of carbonyl (C=O) groups excluding carboxylic acids is 2. The van der Waals surface area contributed by atoms with Crippen LogP contribution in [-0.2, 0) is 9.53 Å². The molecule has 0 unspecified atom stereocenters. The summed E-state index contributed by atoms with van der Waals surface area (Å²) in [6, 6.07) is 1.80. The van der Waals surface area contributed by atoms with Gasteiger partial charge in [-0.3, -0.25) is 9.59 Å². The minimum absolute atomic E-state index is 0.0229. The third kappa shape index (κ3) is 2.76. The fourth-order valence-corrected chi connectivity index (χ4v) is 3.90. The van der Waals surface area contributed by atoms with Crippen LogP contribution in [0.3, 0.4) is 0 Å². The number of hydrogen-bond acceptors (Lipinski definition) is 4. The van der Waals surface area contributed by atoms with Crippen LogP contribution in [0.15, 0.2) is 10.5 Å². The Bertz CT molecular complexity index is 614. The zero-order valence-electron chi connectivity index (χ0n) is 14.0. The third-order valence-electron chi connectivity index (χ3n) is 5.32. The average Bonchev–Trinajstić information content (AvgIpc) is 3.02. The first kappa shape index (κ1) is 16.1. The second kappa shape index (κ2) is 6.00. The molecular weight excluding hydrogens is 296 g/mol. The van der Waals surface area contributed by atoms with Crippen molar-refractivity contribution in [1.82, 2.24) is 10.2 Å². The topological polar surface area (TPSA) is 71.8 Å². The lowest BCUT2D eigenvalue weighted by molar-refractivity contribution is -0.126. The molecule has 0 bridgehead atoms. The quantitative estimate of drug-likeness (QED) is 0.916. The van der Waals surface area contributed by atoms with Gasteiger partial charge in [0.25, 0.3) is 5.91 Å². The molecule has 1 atom stereocenters. The molecule has 1 N–H and O–H groups in total. The SMILES string of the molecule is COC[C@@H]1C(=O)NCC12CCN(C(=O)c1cc(C)oc1C)CC2. The predicted octanol–water partition coefficient (Wildman–Crippen LogP) is 1.51. The van der Waals surface area contributed by atoms with Gasteiger partial charge in [0.05, 0.1) is 18.1 Å². The molecule has 3 heterocycles. The van der Waals surface area contributed by atoms with E-state index in [1.54, 1.807) is 13.2 Å². The fourth-order valence-electron chi connectivity index (χ4n) is 3.90. The summed E-state index contributed by atoms with van der Waals surface area (Å²) in [5, 5.41) is 2.97. The minimum Gasteiger partial charge on any atom is -0.466 e. The lowest BCUT2D eigenvalue weighted by Gasteiger charge is -2.41. The summed E-state index contributed by atoms with van der Waals surface area (Å²) < 4.78 is 10.7. The Morgan fingerprint density at radius 2 is 2.13 bits per heavy atom. The minimum atomic E-state index is -0.109. The molecule has 3 rings (SSSR count). The van der Waals surface area contributed by atoms with E-state index in [4.69, 9.17) is 9.15 Å². The molecule has 1 spiro atoms. The molecule has 1 aromatic rings. The molecule has 2 aliphatic heterocycles. The number of rotatable bonds is 3. The third-order valence-corrected chi connectivity index (χ3v) is 5.32.